The molecule has 1 heterocycles. The maximum atomic E-state index is 10.5. The van der Waals surface area contributed by atoms with Gasteiger partial charge in [0.1, 0.15) is 5.56 Å². The molecule has 0 amide bonds. The molecule has 0 bridgehead atoms. The molecule has 0 aliphatic carbocycles. The molecular weight excluding hydrogens is 208 g/mol. The highest BCUT2D eigenvalue weighted by Crippen LogP contribution is 2.16. The van der Waals surface area contributed by atoms with E-state index in [1.807, 2.05) is 20.8 Å². The van der Waals surface area contributed by atoms with E-state index in [0.717, 1.165) is 0 Å². The number of aldehydes is 1. The molecule has 0 saturated heterocycles. The molecule has 1 rings (SSSR count). The van der Waals surface area contributed by atoms with E-state index in [1.165, 1.54) is 12.3 Å². The summed E-state index contributed by atoms with van der Waals surface area (Å²) in [5.74, 6) is 0. The highest BCUT2D eigenvalue weighted by molar-refractivity contribution is 5.80. The largest absolute Gasteiger partial charge is 0.298 e. The van der Waals surface area contributed by atoms with Crippen LogP contribution in [0.5, 0.6) is 0 Å². The van der Waals surface area contributed by atoms with Gasteiger partial charge < -0.3 is 0 Å². The van der Waals surface area contributed by atoms with E-state index in [-0.39, 0.29) is 18.7 Å². The first-order valence-electron chi connectivity index (χ1n) is 4.77. The highest BCUT2D eigenvalue weighted by atomic mass is 16.6. The number of nitro groups is 1. The number of aromatic nitrogens is 1. The van der Waals surface area contributed by atoms with Gasteiger partial charge in [-0.05, 0) is 6.42 Å². The summed E-state index contributed by atoms with van der Waals surface area (Å²) in [5.41, 5.74) is 0.446. The summed E-state index contributed by atoms with van der Waals surface area (Å²) in [5, 5.41) is 10.5. The molecule has 5 heteroatoms. The maximum Gasteiger partial charge on any atom is 0.283 e. The molecule has 1 aromatic rings. The van der Waals surface area contributed by atoms with Gasteiger partial charge in [0.05, 0.1) is 4.92 Å². The second-order valence-corrected chi connectivity index (χ2v) is 2.46. The van der Waals surface area contributed by atoms with Gasteiger partial charge in [-0.1, -0.05) is 28.2 Å². The van der Waals surface area contributed by atoms with Crippen LogP contribution in [0.15, 0.2) is 12.3 Å². The summed E-state index contributed by atoms with van der Waals surface area (Å²) < 4.78 is 0. The quantitative estimate of drug-likeness (QED) is 0.451. The van der Waals surface area contributed by atoms with Crippen molar-refractivity contribution in [3.05, 3.63) is 33.6 Å². The Kier molecular flexibility index (Phi) is 8.86. The fourth-order valence-electron chi connectivity index (χ4n) is 0.939. The predicted octanol–water partition coefficient (Wildman–Crippen LogP) is 3.03. The molecule has 0 atom stereocenters. The first-order chi connectivity index (χ1) is 7.19. The molecule has 0 N–H and O–H groups in total. The van der Waals surface area contributed by atoms with E-state index in [4.69, 9.17) is 0 Å². The summed E-state index contributed by atoms with van der Waals surface area (Å²) in [6.45, 7) is 5.84. The molecule has 0 aliphatic rings. The lowest BCUT2D eigenvalue weighted by molar-refractivity contribution is -0.385. The van der Waals surface area contributed by atoms with Crippen molar-refractivity contribution in [1.82, 2.24) is 4.98 Å². The van der Waals surface area contributed by atoms with Crippen molar-refractivity contribution in [2.75, 3.05) is 0 Å². The average Bonchev–Trinajstić information content (AvgIpc) is 2.30. The number of hydrogen-bond acceptors (Lipinski definition) is 4. The van der Waals surface area contributed by atoms with Crippen LogP contribution in [0.25, 0.3) is 0 Å². The van der Waals surface area contributed by atoms with E-state index >= 15 is 0 Å². The molecule has 0 fully saturated rings. The van der Waals surface area contributed by atoms with Crippen molar-refractivity contribution in [1.29, 1.82) is 0 Å². The van der Waals surface area contributed by atoms with Gasteiger partial charge in [-0.3, -0.25) is 19.9 Å². The predicted molar refractivity (Wildman–Crippen MR) is 63.7 cm³/mol. The number of aryl methyl sites for hydroxylation is 1. The molecular formula is C11H18N2O3. The van der Waals surface area contributed by atoms with Crippen molar-refractivity contribution < 1.29 is 9.72 Å². The molecule has 0 spiro atoms. The first kappa shape index (κ1) is 16.6. The SMILES string of the molecule is C.CC.CCc1cc([N+](=O)[O-])c(C=O)cn1. The van der Waals surface area contributed by atoms with Crippen molar-refractivity contribution in [2.24, 2.45) is 0 Å². The number of hydrogen-bond donors (Lipinski definition) is 0. The topological polar surface area (TPSA) is 73.1 Å². The molecule has 0 saturated carbocycles. The van der Waals surface area contributed by atoms with E-state index in [1.54, 1.807) is 0 Å². The zero-order valence-electron chi connectivity index (χ0n) is 9.06. The van der Waals surface area contributed by atoms with E-state index in [2.05, 4.69) is 4.98 Å². The van der Waals surface area contributed by atoms with Crippen LogP contribution >= 0.6 is 0 Å². The van der Waals surface area contributed by atoms with Crippen LogP contribution < -0.4 is 0 Å². The van der Waals surface area contributed by atoms with Crippen LogP contribution in [0.3, 0.4) is 0 Å². The summed E-state index contributed by atoms with van der Waals surface area (Å²) in [4.78, 5) is 24.2. The Morgan fingerprint density at radius 3 is 2.44 bits per heavy atom. The van der Waals surface area contributed by atoms with Gasteiger partial charge in [0, 0.05) is 18.0 Å². The summed E-state index contributed by atoms with van der Waals surface area (Å²) in [7, 11) is 0. The average molecular weight is 226 g/mol. The Labute approximate surface area is 95.7 Å². The fraction of sp³-hybridized carbons (Fsp3) is 0.455. The molecule has 5 nitrogen and oxygen atoms in total. The lowest BCUT2D eigenvalue weighted by atomic mass is 10.2. The monoisotopic (exact) mass is 226 g/mol. The van der Waals surface area contributed by atoms with E-state index in [9.17, 15) is 14.9 Å². The number of pyridine rings is 1. The van der Waals surface area contributed by atoms with Gasteiger partial charge in [-0.15, -0.1) is 0 Å². The third-order valence-corrected chi connectivity index (χ3v) is 1.65. The zero-order valence-corrected chi connectivity index (χ0v) is 9.06. The van der Waals surface area contributed by atoms with Gasteiger partial charge in [0.2, 0.25) is 0 Å². The normalized spacial score (nSPS) is 8.19. The number of nitrogens with zero attached hydrogens (tertiary/aromatic N) is 2. The molecule has 90 valence electrons. The van der Waals surface area contributed by atoms with Gasteiger partial charge in [0.25, 0.3) is 5.69 Å². The van der Waals surface area contributed by atoms with E-state index < -0.39 is 4.92 Å². The molecule has 0 aliphatic heterocycles. The minimum atomic E-state index is -0.579. The second-order valence-electron chi connectivity index (χ2n) is 2.46. The van der Waals surface area contributed by atoms with Crippen molar-refractivity contribution in [3.63, 3.8) is 0 Å². The standard InChI is InChI=1S/C8H8N2O3.C2H6.CH4/c1-2-7-3-8(10(12)13)6(5-11)4-9-7;1-2;/h3-5H,2H2,1H3;1-2H3;1H4. The smallest absolute Gasteiger partial charge is 0.283 e. The highest BCUT2D eigenvalue weighted by Gasteiger charge is 2.13. The summed E-state index contributed by atoms with van der Waals surface area (Å²) in [6.07, 6.45) is 2.27. The Hall–Kier alpha value is -1.78. The third kappa shape index (κ3) is 4.16. The number of rotatable bonds is 3. The lowest BCUT2D eigenvalue weighted by Crippen LogP contribution is -1.98. The van der Waals surface area contributed by atoms with Crippen LogP contribution in [0.4, 0.5) is 5.69 Å². The minimum absolute atomic E-state index is 0. The molecule has 16 heavy (non-hydrogen) atoms. The van der Waals surface area contributed by atoms with Crippen molar-refractivity contribution in [2.45, 2.75) is 34.6 Å². The Morgan fingerprint density at radius 2 is 2.06 bits per heavy atom. The van der Waals surface area contributed by atoms with Crippen molar-refractivity contribution in [3.8, 4) is 0 Å². The maximum absolute atomic E-state index is 10.5. The van der Waals surface area contributed by atoms with E-state index in [0.29, 0.717) is 18.4 Å². The van der Waals surface area contributed by atoms with Gasteiger partial charge >= 0.3 is 0 Å². The lowest BCUT2D eigenvalue weighted by Gasteiger charge is -1.97. The van der Waals surface area contributed by atoms with Gasteiger partial charge in [-0.2, -0.15) is 0 Å². The molecule has 1 aromatic heterocycles. The Morgan fingerprint density at radius 1 is 1.50 bits per heavy atom. The van der Waals surface area contributed by atoms with Gasteiger partial charge in [0.15, 0.2) is 6.29 Å². The van der Waals surface area contributed by atoms with Crippen LogP contribution in [-0.2, 0) is 6.42 Å². The second kappa shape index (κ2) is 8.52. The number of carbonyl (C=O) groups is 1. The van der Waals surface area contributed by atoms with Crippen molar-refractivity contribution >= 4 is 12.0 Å². The summed E-state index contributed by atoms with van der Waals surface area (Å²) in [6, 6.07) is 1.32. The third-order valence-electron chi connectivity index (χ3n) is 1.65. The molecule has 0 unspecified atom stereocenters. The van der Waals surface area contributed by atoms with Crippen LogP contribution in [0.2, 0.25) is 0 Å². The summed E-state index contributed by atoms with van der Waals surface area (Å²) >= 11 is 0. The number of carbonyl (C=O) groups excluding carboxylic acids is 1. The Balaban J connectivity index is 0. The molecule has 0 radical (unpaired) electrons. The van der Waals surface area contributed by atoms with Gasteiger partial charge in [-0.25, -0.2) is 0 Å². The van der Waals surface area contributed by atoms with Crippen LogP contribution in [0, 0.1) is 10.1 Å². The fourth-order valence-corrected chi connectivity index (χ4v) is 0.939. The molecule has 0 aromatic carbocycles. The van der Waals surface area contributed by atoms with Crippen LogP contribution in [0.1, 0.15) is 44.2 Å². The zero-order chi connectivity index (χ0) is 11.8. The first-order valence-corrected chi connectivity index (χ1v) is 4.77. The Bertz CT molecular complexity index is 351. The van der Waals surface area contributed by atoms with Crippen LogP contribution in [-0.4, -0.2) is 16.2 Å². The minimum Gasteiger partial charge on any atom is -0.298 e.